The van der Waals surface area contributed by atoms with Gasteiger partial charge < -0.3 is 32.0 Å². The molecule has 1 aromatic carbocycles. The average Bonchev–Trinajstić information content (AvgIpc) is 3.68. The van der Waals surface area contributed by atoms with Crippen molar-refractivity contribution in [3.63, 3.8) is 0 Å². The second kappa shape index (κ2) is 25.6. The van der Waals surface area contributed by atoms with E-state index in [-0.39, 0.29) is 62.4 Å². The zero-order chi connectivity index (χ0) is 45.2. The number of hydrogen-bond donors (Lipinski definition) is 8. The number of aliphatic imine (C=N–C) groups is 1. The average molecular weight is 873 g/mol. The normalized spacial score (nSPS) is 25.5. The summed E-state index contributed by atoms with van der Waals surface area (Å²) in [6, 6.07) is 0.192. The first-order chi connectivity index (χ1) is 29.0. The largest absolute Gasteiger partial charge is 0.508 e. The Morgan fingerprint density at radius 3 is 2.31 bits per heavy atom. The topological polar surface area (TPSA) is 271 Å². The van der Waals surface area contributed by atoms with Crippen molar-refractivity contribution in [2.24, 2.45) is 34.2 Å². The zero-order valence-corrected chi connectivity index (χ0v) is 37.3. The van der Waals surface area contributed by atoms with Crippen molar-refractivity contribution in [1.29, 1.82) is 0 Å². The molecule has 2 saturated heterocycles. The van der Waals surface area contributed by atoms with E-state index in [4.69, 9.17) is 11.5 Å². The van der Waals surface area contributed by atoms with Gasteiger partial charge in [0, 0.05) is 38.6 Å². The first-order valence-corrected chi connectivity index (χ1v) is 22.6. The maximum Gasteiger partial charge on any atom is 0.248 e. The molecule has 3 amide bonds. The number of carbonyl (C=O) groups is 7. The fourth-order valence-corrected chi connectivity index (χ4v) is 8.00. The van der Waals surface area contributed by atoms with Gasteiger partial charge in [0.1, 0.15) is 18.1 Å². The number of amides is 3. The Bertz CT molecular complexity index is 1670. The number of ketones is 3. The van der Waals surface area contributed by atoms with E-state index in [1.165, 1.54) is 12.1 Å². The van der Waals surface area contributed by atoms with Gasteiger partial charge >= 0.3 is 0 Å². The molecule has 1 unspecified atom stereocenters. The van der Waals surface area contributed by atoms with Crippen LogP contribution in [0.4, 0.5) is 0 Å². The Balaban J connectivity index is 2.11. The second-order valence-corrected chi connectivity index (χ2v) is 17.6. The van der Waals surface area contributed by atoms with Crippen LogP contribution in [0.3, 0.4) is 0 Å². The Kier molecular flexibility index (Phi) is 21.4. The Labute approximate surface area is 363 Å². The molecule has 61 heavy (non-hydrogen) atoms. The number of guanidine groups is 1. The fourth-order valence-electron chi connectivity index (χ4n) is 7.52. The standard InChI is InChI=1S/C42H68N10O8S/c1-25(2)19-33-38(57)35(55)22-45-24-48-36(26(3)4)41(60)52(29(23-53)20-28-11-13-30(54)14-12-28)40(59)32(9-7-16-46-42(43)44)50-51-17-8-10-34(51)37(56)27(5)21-47-31(15-18-61-6)39(58)49-33/h11-14,23,25-27,29,31-34,36,45,47-48,50,54H,7-10,15-22,24H2,1-6H3,(H,49,58)(H4,43,44,46)/t27?,29-,31-,32-,33-,34-,36-/m0/s1. The van der Waals surface area contributed by atoms with E-state index in [9.17, 15) is 38.7 Å². The van der Waals surface area contributed by atoms with Gasteiger partial charge in [-0.2, -0.15) is 11.8 Å². The summed E-state index contributed by atoms with van der Waals surface area (Å²) in [5.74, 6) is -4.04. The molecule has 340 valence electrons. The van der Waals surface area contributed by atoms with Crippen molar-refractivity contribution < 1.29 is 38.7 Å². The molecule has 2 aliphatic heterocycles. The predicted octanol–water partition coefficient (Wildman–Crippen LogP) is 0.00910. The van der Waals surface area contributed by atoms with Crippen molar-refractivity contribution in [3.05, 3.63) is 29.8 Å². The molecule has 10 N–H and O–H groups in total. The molecule has 18 nitrogen and oxygen atoms in total. The van der Waals surface area contributed by atoms with Gasteiger partial charge in [-0.1, -0.05) is 46.8 Å². The van der Waals surface area contributed by atoms with Crippen molar-refractivity contribution >= 4 is 59.1 Å². The van der Waals surface area contributed by atoms with Crippen LogP contribution in [0, 0.1) is 17.8 Å². The number of Topliss-reactive ketones (excluding diaryl/α,β-unsaturated/α-hetero) is 3. The van der Waals surface area contributed by atoms with Crippen LogP contribution in [-0.4, -0.2) is 143 Å². The summed E-state index contributed by atoms with van der Waals surface area (Å²) in [5.41, 5.74) is 15.0. The third-order valence-corrected chi connectivity index (χ3v) is 11.5. The molecule has 2 aliphatic rings. The van der Waals surface area contributed by atoms with Crippen LogP contribution in [0.15, 0.2) is 29.3 Å². The SMILES string of the molecule is CSCC[C@@H]1NCC(C)C(=O)[C@@H]2CCCN2N[C@@H](CCCN=C(N)N)C(=O)N([C@H](C=O)Cc2ccc(O)cc2)C(=O)[C@H](C(C)C)NCNCC(=O)C(=O)[C@H](CC(C)C)NC1=O. The number of phenolic OH excluding ortho intramolecular Hbond substituents is 1. The molecule has 0 bridgehead atoms. The van der Waals surface area contributed by atoms with Crippen LogP contribution in [-0.2, 0) is 40.0 Å². The number of nitrogens with two attached hydrogens (primary N) is 2. The van der Waals surface area contributed by atoms with Crippen molar-refractivity contribution in [3.8, 4) is 5.75 Å². The molecule has 1 aromatic rings. The van der Waals surface area contributed by atoms with Gasteiger partial charge in [-0.25, -0.2) is 10.4 Å². The minimum atomic E-state index is -1.28. The third-order valence-electron chi connectivity index (χ3n) is 10.9. The lowest BCUT2D eigenvalue weighted by Gasteiger charge is -2.36. The van der Waals surface area contributed by atoms with Crippen LogP contribution >= 0.6 is 11.8 Å². The number of nitrogens with one attached hydrogen (secondary N) is 5. The predicted molar refractivity (Wildman–Crippen MR) is 235 cm³/mol. The molecule has 0 saturated carbocycles. The molecule has 0 aromatic heterocycles. The van der Waals surface area contributed by atoms with Gasteiger partial charge in [-0.3, -0.25) is 49.3 Å². The van der Waals surface area contributed by atoms with Gasteiger partial charge in [0.15, 0.2) is 11.7 Å². The van der Waals surface area contributed by atoms with E-state index in [1.807, 2.05) is 20.1 Å². The number of benzene rings is 1. The van der Waals surface area contributed by atoms with Crippen molar-refractivity contribution in [2.75, 3.05) is 44.9 Å². The highest BCUT2D eigenvalue weighted by atomic mass is 32.2. The third kappa shape index (κ3) is 15.9. The quantitative estimate of drug-likeness (QED) is 0.0306. The Morgan fingerprint density at radius 1 is 0.984 bits per heavy atom. The van der Waals surface area contributed by atoms with Gasteiger partial charge in [0.05, 0.1) is 36.8 Å². The van der Waals surface area contributed by atoms with Gasteiger partial charge in [-0.05, 0) is 80.1 Å². The highest BCUT2D eigenvalue weighted by Crippen LogP contribution is 2.23. The minimum Gasteiger partial charge on any atom is -0.508 e. The molecule has 7 atom stereocenters. The summed E-state index contributed by atoms with van der Waals surface area (Å²) in [6.45, 7) is 9.27. The van der Waals surface area contributed by atoms with E-state index in [1.54, 1.807) is 49.7 Å². The summed E-state index contributed by atoms with van der Waals surface area (Å²) < 4.78 is 0. The number of carbonyl (C=O) groups excluding carboxylic acids is 7. The van der Waals surface area contributed by atoms with Crippen LogP contribution < -0.4 is 38.2 Å². The summed E-state index contributed by atoms with van der Waals surface area (Å²) in [5, 5.41) is 23.7. The molecule has 3 rings (SSSR count). The molecule has 19 heteroatoms. The first-order valence-electron chi connectivity index (χ1n) is 21.2. The number of thioether (sulfide) groups is 1. The van der Waals surface area contributed by atoms with Crippen molar-refractivity contribution in [1.82, 2.24) is 36.6 Å². The van der Waals surface area contributed by atoms with Crippen LogP contribution in [0.2, 0.25) is 0 Å². The number of nitrogens with zero attached hydrogens (tertiary/aromatic N) is 3. The lowest BCUT2D eigenvalue weighted by atomic mass is 9.96. The zero-order valence-electron chi connectivity index (χ0n) is 36.5. The van der Waals surface area contributed by atoms with E-state index in [0.717, 1.165) is 4.90 Å². The van der Waals surface area contributed by atoms with E-state index in [2.05, 4.69) is 31.7 Å². The minimum absolute atomic E-state index is 0.00443. The molecule has 0 spiro atoms. The monoisotopic (exact) mass is 872 g/mol. The molecular weight excluding hydrogens is 805 g/mol. The summed E-state index contributed by atoms with van der Waals surface area (Å²) in [6.07, 6.45) is 4.60. The Morgan fingerprint density at radius 2 is 1.69 bits per heavy atom. The number of hydrazine groups is 1. The summed E-state index contributed by atoms with van der Waals surface area (Å²) >= 11 is 1.55. The highest BCUT2D eigenvalue weighted by Gasteiger charge is 2.42. The maximum atomic E-state index is 15.0. The summed E-state index contributed by atoms with van der Waals surface area (Å²) in [7, 11) is 0. The smallest absolute Gasteiger partial charge is 0.248 e. The van der Waals surface area contributed by atoms with E-state index < -0.39 is 83.9 Å². The molecule has 0 radical (unpaired) electrons. The van der Waals surface area contributed by atoms with Crippen LogP contribution in [0.5, 0.6) is 5.75 Å². The number of imide groups is 1. The van der Waals surface area contributed by atoms with Crippen molar-refractivity contribution in [2.45, 2.75) is 116 Å². The number of phenols is 1. The number of fused-ring (bicyclic) bond motifs is 1. The van der Waals surface area contributed by atoms with E-state index in [0.29, 0.717) is 49.8 Å². The Hall–Kier alpha value is -4.27. The van der Waals surface area contributed by atoms with Crippen LogP contribution in [0.1, 0.15) is 78.7 Å². The fraction of sp³-hybridized carbons (Fsp3) is 0.667. The first kappa shape index (κ1) is 51.1. The van der Waals surface area contributed by atoms with Gasteiger partial charge in [0.25, 0.3) is 0 Å². The number of hydrogen-bond acceptors (Lipinski definition) is 15. The number of rotatable bonds is 14. The number of aromatic hydroxyl groups is 1. The molecule has 2 fully saturated rings. The van der Waals surface area contributed by atoms with Gasteiger partial charge in [-0.15, -0.1) is 0 Å². The summed E-state index contributed by atoms with van der Waals surface area (Å²) in [4.78, 5) is 103. The van der Waals surface area contributed by atoms with E-state index >= 15 is 0 Å². The lowest BCUT2D eigenvalue weighted by Crippen LogP contribution is -2.62. The molecular formula is C42H68N10O8S. The second-order valence-electron chi connectivity index (χ2n) is 16.7. The lowest BCUT2D eigenvalue weighted by molar-refractivity contribution is -0.154. The highest BCUT2D eigenvalue weighted by molar-refractivity contribution is 7.98. The maximum absolute atomic E-state index is 15.0. The molecule has 2 heterocycles. The van der Waals surface area contributed by atoms with Crippen LogP contribution in [0.25, 0.3) is 0 Å². The van der Waals surface area contributed by atoms with Gasteiger partial charge in [0.2, 0.25) is 29.3 Å². The number of aldehydes is 1. The molecule has 0 aliphatic carbocycles.